The molecule has 0 bridgehead atoms. The lowest BCUT2D eigenvalue weighted by atomic mass is 9.83. The van der Waals surface area contributed by atoms with Crippen LogP contribution in [0, 0.1) is 0 Å². The molecule has 0 aromatic heterocycles. The third-order valence-corrected chi connectivity index (χ3v) is 3.98. The van der Waals surface area contributed by atoms with Crippen molar-refractivity contribution in [2.75, 3.05) is 13.7 Å². The van der Waals surface area contributed by atoms with Gasteiger partial charge in [-0.1, -0.05) is 24.3 Å². The first-order chi connectivity index (χ1) is 10.6. The van der Waals surface area contributed by atoms with Crippen LogP contribution in [0.1, 0.15) is 27.0 Å². The molecule has 0 saturated heterocycles. The molecule has 0 saturated carbocycles. The fourth-order valence-corrected chi connectivity index (χ4v) is 2.82. The third kappa shape index (κ3) is 2.15. The molecule has 1 aliphatic heterocycles. The standard InChI is InChI=1S/C17H17NO4/c1-21-16(19)11-6-7-13-12(8-11)9-22-15-5-3-2-4-14(15)17(13,20)10-18/h2-8,20H,9-10,18H2,1H3. The van der Waals surface area contributed by atoms with Crippen molar-refractivity contribution >= 4 is 5.97 Å². The molecule has 1 aliphatic rings. The molecule has 2 aromatic carbocycles. The quantitative estimate of drug-likeness (QED) is 0.822. The van der Waals surface area contributed by atoms with Gasteiger partial charge in [-0.3, -0.25) is 0 Å². The molecule has 1 atom stereocenters. The van der Waals surface area contributed by atoms with E-state index < -0.39 is 11.6 Å². The van der Waals surface area contributed by atoms with Crippen molar-refractivity contribution in [2.24, 2.45) is 5.73 Å². The number of fused-ring (bicyclic) bond motifs is 2. The summed E-state index contributed by atoms with van der Waals surface area (Å²) in [4.78, 5) is 11.7. The van der Waals surface area contributed by atoms with E-state index in [1.807, 2.05) is 12.1 Å². The van der Waals surface area contributed by atoms with E-state index in [0.717, 1.165) is 0 Å². The van der Waals surface area contributed by atoms with Crippen LogP contribution in [0.25, 0.3) is 0 Å². The Morgan fingerprint density at radius 2 is 2.09 bits per heavy atom. The van der Waals surface area contributed by atoms with Gasteiger partial charge < -0.3 is 20.3 Å². The highest BCUT2D eigenvalue weighted by Gasteiger charge is 2.37. The smallest absolute Gasteiger partial charge is 0.337 e. The van der Waals surface area contributed by atoms with Crippen LogP contribution >= 0.6 is 0 Å². The summed E-state index contributed by atoms with van der Waals surface area (Å²) in [5.41, 5.74) is 6.91. The van der Waals surface area contributed by atoms with Crippen molar-refractivity contribution in [3.63, 3.8) is 0 Å². The second kappa shape index (κ2) is 5.44. The van der Waals surface area contributed by atoms with Gasteiger partial charge in [0.25, 0.3) is 0 Å². The fourth-order valence-electron chi connectivity index (χ4n) is 2.82. The number of methoxy groups -OCH3 is 1. The number of hydrogen-bond donors (Lipinski definition) is 2. The number of carbonyl (C=O) groups excluding carboxylic acids is 1. The molecule has 0 radical (unpaired) electrons. The zero-order valence-corrected chi connectivity index (χ0v) is 12.2. The van der Waals surface area contributed by atoms with E-state index in [1.165, 1.54) is 7.11 Å². The minimum Gasteiger partial charge on any atom is -0.488 e. The van der Waals surface area contributed by atoms with Crippen LogP contribution in [0.2, 0.25) is 0 Å². The zero-order valence-electron chi connectivity index (χ0n) is 12.2. The lowest BCUT2D eigenvalue weighted by Crippen LogP contribution is -2.36. The van der Waals surface area contributed by atoms with E-state index in [1.54, 1.807) is 30.3 Å². The van der Waals surface area contributed by atoms with Crippen LogP contribution in [-0.4, -0.2) is 24.7 Å². The monoisotopic (exact) mass is 299 g/mol. The number of rotatable bonds is 2. The average Bonchev–Trinajstić information content (AvgIpc) is 2.70. The van der Waals surface area contributed by atoms with Crippen LogP contribution in [0.4, 0.5) is 0 Å². The zero-order chi connectivity index (χ0) is 15.7. The maximum atomic E-state index is 11.7. The number of hydrogen-bond acceptors (Lipinski definition) is 5. The molecule has 0 spiro atoms. The predicted octanol–water partition coefficient (Wildman–Crippen LogP) is 1.56. The third-order valence-electron chi connectivity index (χ3n) is 3.98. The molecule has 0 amide bonds. The van der Waals surface area contributed by atoms with Gasteiger partial charge in [0.15, 0.2) is 0 Å². The highest BCUT2D eigenvalue weighted by molar-refractivity contribution is 5.89. The number of benzene rings is 2. The highest BCUT2D eigenvalue weighted by Crippen LogP contribution is 2.40. The second-order valence-corrected chi connectivity index (χ2v) is 5.21. The molecule has 3 N–H and O–H groups in total. The van der Waals surface area contributed by atoms with Crippen molar-refractivity contribution in [3.8, 4) is 5.75 Å². The van der Waals surface area contributed by atoms with E-state index in [0.29, 0.717) is 28.0 Å². The van der Waals surface area contributed by atoms with Crippen LogP contribution in [0.3, 0.4) is 0 Å². The first kappa shape index (κ1) is 14.6. The molecule has 5 nitrogen and oxygen atoms in total. The number of aliphatic hydroxyl groups is 1. The van der Waals surface area contributed by atoms with Crippen molar-refractivity contribution in [1.29, 1.82) is 0 Å². The molecule has 0 fully saturated rings. The minimum atomic E-state index is -1.35. The summed E-state index contributed by atoms with van der Waals surface area (Å²) in [6.45, 7) is 0.261. The molecule has 0 aliphatic carbocycles. The summed E-state index contributed by atoms with van der Waals surface area (Å²) in [5.74, 6) is 0.159. The summed E-state index contributed by atoms with van der Waals surface area (Å²) >= 11 is 0. The number of para-hydroxylation sites is 1. The maximum absolute atomic E-state index is 11.7. The van der Waals surface area contributed by atoms with Gasteiger partial charge in [0.1, 0.15) is 18.0 Å². The largest absolute Gasteiger partial charge is 0.488 e. The molecular weight excluding hydrogens is 282 g/mol. The van der Waals surface area contributed by atoms with Gasteiger partial charge in [0.2, 0.25) is 0 Å². The second-order valence-electron chi connectivity index (χ2n) is 5.21. The Hall–Kier alpha value is -2.37. The van der Waals surface area contributed by atoms with E-state index in [4.69, 9.17) is 15.2 Å². The molecular formula is C17H17NO4. The van der Waals surface area contributed by atoms with Gasteiger partial charge in [-0.2, -0.15) is 0 Å². The number of esters is 1. The van der Waals surface area contributed by atoms with Crippen molar-refractivity contribution in [3.05, 3.63) is 64.7 Å². The van der Waals surface area contributed by atoms with E-state index in [9.17, 15) is 9.90 Å². The Balaban J connectivity index is 2.18. The number of ether oxygens (including phenoxy) is 2. The predicted molar refractivity (Wildman–Crippen MR) is 80.6 cm³/mol. The summed E-state index contributed by atoms with van der Waals surface area (Å²) in [6.07, 6.45) is 0. The lowest BCUT2D eigenvalue weighted by Gasteiger charge is -2.28. The first-order valence-corrected chi connectivity index (χ1v) is 6.96. The SMILES string of the molecule is COC(=O)c1ccc2c(c1)COc1ccccc1C2(O)CN. The maximum Gasteiger partial charge on any atom is 0.337 e. The Kier molecular flexibility index (Phi) is 3.60. The summed E-state index contributed by atoms with van der Waals surface area (Å²) in [7, 11) is 1.33. The fraction of sp³-hybridized carbons (Fsp3) is 0.235. The molecule has 1 unspecified atom stereocenters. The normalized spacial score (nSPS) is 19.4. The average molecular weight is 299 g/mol. The Bertz CT molecular complexity index is 728. The van der Waals surface area contributed by atoms with Crippen molar-refractivity contribution < 1.29 is 19.4 Å². The van der Waals surface area contributed by atoms with Crippen LogP contribution < -0.4 is 10.5 Å². The summed E-state index contributed by atoms with van der Waals surface area (Å²) < 4.78 is 10.5. The van der Waals surface area contributed by atoms with E-state index in [-0.39, 0.29) is 13.2 Å². The molecule has 5 heteroatoms. The van der Waals surface area contributed by atoms with E-state index in [2.05, 4.69) is 0 Å². The van der Waals surface area contributed by atoms with Crippen LogP contribution in [-0.2, 0) is 16.9 Å². The van der Waals surface area contributed by atoms with Crippen LogP contribution in [0.15, 0.2) is 42.5 Å². The van der Waals surface area contributed by atoms with E-state index >= 15 is 0 Å². The highest BCUT2D eigenvalue weighted by atomic mass is 16.5. The summed E-state index contributed by atoms with van der Waals surface area (Å²) in [6, 6.07) is 12.3. The van der Waals surface area contributed by atoms with Gasteiger partial charge in [-0.05, 0) is 29.3 Å². The summed E-state index contributed by atoms with van der Waals surface area (Å²) in [5, 5.41) is 11.1. The topological polar surface area (TPSA) is 81.8 Å². The van der Waals surface area contributed by atoms with Gasteiger partial charge in [-0.15, -0.1) is 0 Å². The Morgan fingerprint density at radius 1 is 1.32 bits per heavy atom. The molecule has 114 valence electrons. The molecule has 3 rings (SSSR count). The number of nitrogens with two attached hydrogens (primary N) is 1. The van der Waals surface area contributed by atoms with Gasteiger partial charge in [0.05, 0.1) is 12.7 Å². The Morgan fingerprint density at radius 3 is 2.82 bits per heavy atom. The van der Waals surface area contributed by atoms with Crippen LogP contribution in [0.5, 0.6) is 5.75 Å². The minimum absolute atomic E-state index is 0.0118. The molecule has 2 aromatic rings. The van der Waals surface area contributed by atoms with Crippen molar-refractivity contribution in [2.45, 2.75) is 12.2 Å². The molecule has 22 heavy (non-hydrogen) atoms. The van der Waals surface area contributed by atoms with Crippen molar-refractivity contribution in [1.82, 2.24) is 0 Å². The first-order valence-electron chi connectivity index (χ1n) is 6.96. The Labute approximate surface area is 128 Å². The molecule has 1 heterocycles. The van der Waals surface area contributed by atoms with Gasteiger partial charge in [0, 0.05) is 12.1 Å². The van der Waals surface area contributed by atoms with Gasteiger partial charge in [-0.25, -0.2) is 4.79 Å². The number of carbonyl (C=O) groups is 1. The lowest BCUT2D eigenvalue weighted by molar-refractivity contribution is 0.0599. The van der Waals surface area contributed by atoms with Gasteiger partial charge >= 0.3 is 5.97 Å².